The fraction of sp³-hybridized carbons (Fsp3) is 0.250. The van der Waals surface area contributed by atoms with Crippen LogP contribution < -0.4 is 10.1 Å². The minimum absolute atomic E-state index is 0.0273. The molecule has 0 atom stereocenters. The van der Waals surface area contributed by atoms with E-state index >= 15 is 0 Å². The molecule has 1 aromatic carbocycles. The SMILES string of the molecule is O=C(NC1CC1)c1ccc(OCc2cccc(Cl)n2)cc1. The summed E-state index contributed by atoms with van der Waals surface area (Å²) in [6.07, 6.45) is 2.17. The van der Waals surface area contributed by atoms with E-state index in [0.29, 0.717) is 29.1 Å². The van der Waals surface area contributed by atoms with Gasteiger partial charge in [0.1, 0.15) is 17.5 Å². The van der Waals surface area contributed by atoms with E-state index in [0.717, 1.165) is 18.5 Å². The molecule has 1 amide bonds. The van der Waals surface area contributed by atoms with E-state index < -0.39 is 0 Å². The van der Waals surface area contributed by atoms with Gasteiger partial charge in [0.2, 0.25) is 0 Å². The van der Waals surface area contributed by atoms with Gasteiger partial charge in [0.15, 0.2) is 0 Å². The molecule has 0 bridgehead atoms. The third-order valence-corrected chi connectivity index (χ3v) is 3.40. The average molecular weight is 303 g/mol. The molecule has 1 saturated carbocycles. The molecular formula is C16H15ClN2O2. The highest BCUT2D eigenvalue weighted by atomic mass is 35.5. The van der Waals surface area contributed by atoms with Crippen LogP contribution in [0.5, 0.6) is 5.75 Å². The maximum atomic E-state index is 11.8. The van der Waals surface area contributed by atoms with E-state index in [-0.39, 0.29) is 5.91 Å². The van der Waals surface area contributed by atoms with Crippen molar-refractivity contribution < 1.29 is 9.53 Å². The standard InChI is InChI=1S/C16H15ClN2O2/c17-15-3-1-2-13(18-15)10-21-14-8-4-11(5-9-14)16(20)19-12-6-7-12/h1-5,8-9,12H,6-7,10H2,(H,19,20). The van der Waals surface area contributed by atoms with Crippen LogP contribution in [-0.2, 0) is 6.61 Å². The van der Waals surface area contributed by atoms with Gasteiger partial charge in [-0.3, -0.25) is 4.79 Å². The first-order chi connectivity index (χ1) is 10.2. The predicted octanol–water partition coefficient (Wildman–Crippen LogP) is 3.21. The first kappa shape index (κ1) is 13.9. The van der Waals surface area contributed by atoms with E-state index in [2.05, 4.69) is 10.3 Å². The molecule has 0 aliphatic heterocycles. The summed E-state index contributed by atoms with van der Waals surface area (Å²) < 4.78 is 5.62. The largest absolute Gasteiger partial charge is 0.487 e. The molecule has 2 aromatic rings. The Balaban J connectivity index is 1.57. The lowest BCUT2D eigenvalue weighted by Crippen LogP contribution is -2.25. The Hall–Kier alpha value is -2.07. The molecule has 0 radical (unpaired) electrons. The number of carbonyl (C=O) groups excluding carboxylic acids is 1. The summed E-state index contributed by atoms with van der Waals surface area (Å²) in [5, 5.41) is 3.40. The van der Waals surface area contributed by atoms with Crippen molar-refractivity contribution in [2.75, 3.05) is 0 Å². The zero-order valence-electron chi connectivity index (χ0n) is 11.4. The van der Waals surface area contributed by atoms with Crippen molar-refractivity contribution in [2.45, 2.75) is 25.5 Å². The van der Waals surface area contributed by atoms with Gasteiger partial charge < -0.3 is 10.1 Å². The molecule has 4 nitrogen and oxygen atoms in total. The van der Waals surface area contributed by atoms with Crippen molar-refractivity contribution in [1.82, 2.24) is 10.3 Å². The fourth-order valence-corrected chi connectivity index (χ4v) is 2.07. The Morgan fingerprint density at radius 2 is 2.00 bits per heavy atom. The topological polar surface area (TPSA) is 51.2 Å². The number of amides is 1. The third-order valence-electron chi connectivity index (χ3n) is 3.19. The zero-order chi connectivity index (χ0) is 14.7. The fourth-order valence-electron chi connectivity index (χ4n) is 1.89. The second-order valence-electron chi connectivity index (χ2n) is 5.01. The van der Waals surface area contributed by atoms with Gasteiger partial charge in [0, 0.05) is 11.6 Å². The second-order valence-corrected chi connectivity index (χ2v) is 5.40. The summed E-state index contributed by atoms with van der Waals surface area (Å²) in [7, 11) is 0. The summed E-state index contributed by atoms with van der Waals surface area (Å²) in [6, 6.07) is 12.9. The van der Waals surface area contributed by atoms with Crippen molar-refractivity contribution in [1.29, 1.82) is 0 Å². The molecule has 1 N–H and O–H groups in total. The highest BCUT2D eigenvalue weighted by molar-refractivity contribution is 6.29. The number of hydrogen-bond acceptors (Lipinski definition) is 3. The highest BCUT2D eigenvalue weighted by Crippen LogP contribution is 2.20. The van der Waals surface area contributed by atoms with Crippen LogP contribution >= 0.6 is 11.6 Å². The average Bonchev–Trinajstić information content (AvgIpc) is 3.30. The molecular weight excluding hydrogens is 288 g/mol. The van der Waals surface area contributed by atoms with Gasteiger partial charge in [-0.2, -0.15) is 0 Å². The lowest BCUT2D eigenvalue weighted by atomic mass is 10.2. The molecule has 1 aromatic heterocycles. The Labute approximate surface area is 128 Å². The molecule has 0 unspecified atom stereocenters. The quantitative estimate of drug-likeness (QED) is 0.863. The van der Waals surface area contributed by atoms with Crippen molar-refractivity contribution in [2.24, 2.45) is 0 Å². The van der Waals surface area contributed by atoms with E-state index in [1.807, 2.05) is 12.1 Å². The highest BCUT2D eigenvalue weighted by Gasteiger charge is 2.23. The van der Waals surface area contributed by atoms with Crippen LogP contribution in [0.4, 0.5) is 0 Å². The van der Waals surface area contributed by atoms with E-state index in [9.17, 15) is 4.79 Å². The molecule has 5 heteroatoms. The van der Waals surface area contributed by atoms with Crippen LogP contribution in [0.25, 0.3) is 0 Å². The van der Waals surface area contributed by atoms with Gasteiger partial charge in [0.05, 0.1) is 5.69 Å². The minimum Gasteiger partial charge on any atom is -0.487 e. The van der Waals surface area contributed by atoms with Crippen molar-refractivity contribution in [3.05, 3.63) is 58.9 Å². The summed E-state index contributed by atoms with van der Waals surface area (Å²) in [4.78, 5) is 16.0. The number of halogens is 1. The summed E-state index contributed by atoms with van der Waals surface area (Å²) >= 11 is 5.82. The maximum Gasteiger partial charge on any atom is 0.251 e. The summed E-state index contributed by atoms with van der Waals surface area (Å²) in [5.41, 5.74) is 1.41. The first-order valence-corrected chi connectivity index (χ1v) is 7.24. The van der Waals surface area contributed by atoms with Crippen LogP contribution in [0, 0.1) is 0 Å². The Bertz CT molecular complexity index is 639. The number of hydrogen-bond donors (Lipinski definition) is 1. The molecule has 108 valence electrons. The second kappa shape index (κ2) is 6.14. The number of benzene rings is 1. The number of nitrogens with zero attached hydrogens (tertiary/aromatic N) is 1. The normalized spacial score (nSPS) is 13.8. The molecule has 1 aliphatic carbocycles. The monoisotopic (exact) mass is 302 g/mol. The van der Waals surface area contributed by atoms with Gasteiger partial charge in [-0.05, 0) is 49.2 Å². The summed E-state index contributed by atoms with van der Waals surface area (Å²) in [6.45, 7) is 0.341. The van der Waals surface area contributed by atoms with Crippen LogP contribution in [0.2, 0.25) is 5.15 Å². The van der Waals surface area contributed by atoms with Crippen molar-refractivity contribution in [3.63, 3.8) is 0 Å². The van der Waals surface area contributed by atoms with Crippen molar-refractivity contribution in [3.8, 4) is 5.75 Å². The van der Waals surface area contributed by atoms with E-state index in [1.54, 1.807) is 30.3 Å². The number of ether oxygens (including phenoxy) is 1. The molecule has 1 fully saturated rings. The Kier molecular flexibility index (Phi) is 4.06. The van der Waals surface area contributed by atoms with Crippen LogP contribution in [0.3, 0.4) is 0 Å². The Morgan fingerprint density at radius 1 is 1.24 bits per heavy atom. The minimum atomic E-state index is -0.0273. The van der Waals surface area contributed by atoms with Crippen LogP contribution in [0.15, 0.2) is 42.5 Å². The van der Waals surface area contributed by atoms with Gasteiger partial charge in [-0.1, -0.05) is 17.7 Å². The third kappa shape index (κ3) is 3.95. The molecule has 0 saturated heterocycles. The van der Waals surface area contributed by atoms with Gasteiger partial charge in [-0.25, -0.2) is 4.98 Å². The molecule has 1 heterocycles. The number of aromatic nitrogens is 1. The smallest absolute Gasteiger partial charge is 0.251 e. The molecule has 1 aliphatic rings. The van der Waals surface area contributed by atoms with Crippen LogP contribution in [-0.4, -0.2) is 16.9 Å². The summed E-state index contributed by atoms with van der Waals surface area (Å²) in [5.74, 6) is 0.667. The van der Waals surface area contributed by atoms with E-state index in [1.165, 1.54) is 0 Å². The lowest BCUT2D eigenvalue weighted by Gasteiger charge is -2.07. The van der Waals surface area contributed by atoms with E-state index in [4.69, 9.17) is 16.3 Å². The number of carbonyl (C=O) groups is 1. The van der Waals surface area contributed by atoms with Crippen molar-refractivity contribution >= 4 is 17.5 Å². The maximum absolute atomic E-state index is 11.8. The predicted molar refractivity (Wildman–Crippen MR) is 80.5 cm³/mol. The number of nitrogens with one attached hydrogen (secondary N) is 1. The van der Waals surface area contributed by atoms with Gasteiger partial charge >= 0.3 is 0 Å². The Morgan fingerprint density at radius 3 is 2.67 bits per heavy atom. The zero-order valence-corrected chi connectivity index (χ0v) is 12.1. The lowest BCUT2D eigenvalue weighted by molar-refractivity contribution is 0.0951. The number of pyridine rings is 1. The number of rotatable bonds is 5. The van der Waals surface area contributed by atoms with Crippen LogP contribution in [0.1, 0.15) is 28.9 Å². The molecule has 21 heavy (non-hydrogen) atoms. The molecule has 0 spiro atoms. The first-order valence-electron chi connectivity index (χ1n) is 6.86. The van der Waals surface area contributed by atoms with Gasteiger partial charge in [0.25, 0.3) is 5.91 Å². The molecule has 3 rings (SSSR count). The van der Waals surface area contributed by atoms with Gasteiger partial charge in [-0.15, -0.1) is 0 Å².